The van der Waals surface area contributed by atoms with Crippen molar-refractivity contribution in [2.24, 2.45) is 0 Å². The number of nitrogens with zero attached hydrogens (tertiary/aromatic N) is 1. The summed E-state index contributed by atoms with van der Waals surface area (Å²) < 4.78 is 5.46. The van der Waals surface area contributed by atoms with Crippen molar-refractivity contribution in [1.29, 1.82) is 0 Å². The summed E-state index contributed by atoms with van der Waals surface area (Å²) in [4.78, 5) is 4.06. The fourth-order valence-electron chi connectivity index (χ4n) is 1.32. The molecule has 0 bridgehead atoms. The summed E-state index contributed by atoms with van der Waals surface area (Å²) in [5.41, 5.74) is 0. The van der Waals surface area contributed by atoms with Crippen LogP contribution in [0.1, 0.15) is 45.4 Å². The average Bonchev–Trinajstić information content (AvgIpc) is 2.69. The van der Waals surface area contributed by atoms with Crippen LogP contribution >= 0.6 is 11.3 Å². The van der Waals surface area contributed by atoms with Gasteiger partial charge < -0.3 is 4.74 Å². The molecule has 0 aliphatic carbocycles. The standard InChI is InChI=1S/C11H19NOS/c1-2-3-4-5-6-7-9-13-11-12-8-10-14-11/h8,10H,2-7,9H2,1H3. The van der Waals surface area contributed by atoms with E-state index in [0.29, 0.717) is 0 Å². The molecular formula is C11H19NOS. The first kappa shape index (κ1) is 11.5. The van der Waals surface area contributed by atoms with E-state index in [4.69, 9.17) is 4.74 Å². The van der Waals surface area contributed by atoms with Crippen molar-refractivity contribution in [3.8, 4) is 5.19 Å². The summed E-state index contributed by atoms with van der Waals surface area (Å²) >= 11 is 1.56. The fourth-order valence-corrected chi connectivity index (χ4v) is 1.83. The summed E-state index contributed by atoms with van der Waals surface area (Å²) in [5.74, 6) is 0. The molecule has 0 saturated heterocycles. The molecule has 0 unspecified atom stereocenters. The van der Waals surface area contributed by atoms with Crippen molar-refractivity contribution >= 4 is 11.3 Å². The van der Waals surface area contributed by atoms with Gasteiger partial charge in [0.05, 0.1) is 6.61 Å². The molecule has 0 atom stereocenters. The monoisotopic (exact) mass is 213 g/mol. The molecule has 0 aromatic carbocycles. The van der Waals surface area contributed by atoms with Gasteiger partial charge in [0.2, 0.25) is 0 Å². The molecule has 0 fully saturated rings. The van der Waals surface area contributed by atoms with Gasteiger partial charge in [0, 0.05) is 11.6 Å². The summed E-state index contributed by atoms with van der Waals surface area (Å²) in [6, 6.07) is 0. The molecular weight excluding hydrogens is 194 g/mol. The van der Waals surface area contributed by atoms with Crippen molar-refractivity contribution in [1.82, 2.24) is 4.98 Å². The maximum absolute atomic E-state index is 5.46. The Balaban J connectivity index is 1.85. The van der Waals surface area contributed by atoms with Crippen LogP contribution in [-0.2, 0) is 0 Å². The predicted octanol–water partition coefficient (Wildman–Crippen LogP) is 3.88. The lowest BCUT2D eigenvalue weighted by atomic mass is 10.1. The largest absolute Gasteiger partial charge is 0.470 e. The molecule has 80 valence electrons. The zero-order valence-electron chi connectivity index (χ0n) is 8.87. The zero-order valence-corrected chi connectivity index (χ0v) is 9.68. The molecule has 0 aliphatic heterocycles. The quantitative estimate of drug-likeness (QED) is 0.611. The SMILES string of the molecule is CCCCCCCCOc1nccs1. The Bertz CT molecular complexity index is 211. The highest BCUT2D eigenvalue weighted by Gasteiger charge is 1.95. The van der Waals surface area contributed by atoms with E-state index < -0.39 is 0 Å². The van der Waals surface area contributed by atoms with Crippen LogP contribution in [0, 0.1) is 0 Å². The minimum Gasteiger partial charge on any atom is -0.470 e. The summed E-state index contributed by atoms with van der Waals surface area (Å²) in [5, 5.41) is 2.75. The van der Waals surface area contributed by atoms with Crippen LogP contribution in [0.5, 0.6) is 5.19 Å². The number of aromatic nitrogens is 1. The third kappa shape index (κ3) is 5.22. The van der Waals surface area contributed by atoms with Crippen LogP contribution < -0.4 is 4.74 Å². The lowest BCUT2D eigenvalue weighted by molar-refractivity contribution is 0.303. The van der Waals surface area contributed by atoms with E-state index in [0.717, 1.165) is 18.2 Å². The van der Waals surface area contributed by atoms with Crippen LogP contribution in [0.2, 0.25) is 0 Å². The van der Waals surface area contributed by atoms with Crippen LogP contribution in [-0.4, -0.2) is 11.6 Å². The molecule has 2 nitrogen and oxygen atoms in total. The Morgan fingerprint density at radius 1 is 1.21 bits per heavy atom. The molecule has 1 rings (SSSR count). The number of ether oxygens (including phenoxy) is 1. The van der Waals surface area contributed by atoms with Crippen LogP contribution in [0.25, 0.3) is 0 Å². The van der Waals surface area contributed by atoms with Crippen molar-refractivity contribution in [3.63, 3.8) is 0 Å². The summed E-state index contributed by atoms with van der Waals surface area (Å²) in [6.07, 6.45) is 9.61. The molecule has 1 heterocycles. The number of thiazole rings is 1. The van der Waals surface area contributed by atoms with Gasteiger partial charge in [-0.1, -0.05) is 50.4 Å². The first-order valence-corrected chi connectivity index (χ1v) is 6.33. The van der Waals surface area contributed by atoms with Crippen molar-refractivity contribution < 1.29 is 4.74 Å². The molecule has 0 radical (unpaired) electrons. The van der Waals surface area contributed by atoms with E-state index in [1.807, 2.05) is 5.38 Å². The molecule has 0 aliphatic rings. The number of rotatable bonds is 8. The van der Waals surface area contributed by atoms with Crippen molar-refractivity contribution in [3.05, 3.63) is 11.6 Å². The van der Waals surface area contributed by atoms with Gasteiger partial charge in [0.15, 0.2) is 0 Å². The minimum atomic E-state index is 0.804. The Morgan fingerprint density at radius 3 is 2.71 bits per heavy atom. The first-order valence-electron chi connectivity index (χ1n) is 5.45. The highest BCUT2D eigenvalue weighted by molar-refractivity contribution is 7.11. The molecule has 0 spiro atoms. The maximum atomic E-state index is 5.46. The Hall–Kier alpha value is -0.570. The van der Waals surface area contributed by atoms with E-state index in [1.165, 1.54) is 32.1 Å². The third-order valence-corrected chi connectivity index (χ3v) is 2.82. The lowest BCUT2D eigenvalue weighted by Crippen LogP contribution is -1.96. The van der Waals surface area contributed by atoms with Crippen molar-refractivity contribution in [2.45, 2.75) is 45.4 Å². The molecule has 14 heavy (non-hydrogen) atoms. The molecule has 0 N–H and O–H groups in total. The topological polar surface area (TPSA) is 22.1 Å². The number of hydrogen-bond donors (Lipinski definition) is 0. The van der Waals surface area contributed by atoms with E-state index in [2.05, 4.69) is 11.9 Å². The lowest BCUT2D eigenvalue weighted by Gasteiger charge is -2.01. The van der Waals surface area contributed by atoms with E-state index in [-0.39, 0.29) is 0 Å². The van der Waals surface area contributed by atoms with Gasteiger partial charge in [-0.2, -0.15) is 0 Å². The van der Waals surface area contributed by atoms with Gasteiger partial charge in [0.1, 0.15) is 0 Å². The summed E-state index contributed by atoms with van der Waals surface area (Å²) in [6.45, 7) is 3.06. The van der Waals surface area contributed by atoms with E-state index in [1.54, 1.807) is 17.5 Å². The normalized spacial score (nSPS) is 10.4. The maximum Gasteiger partial charge on any atom is 0.273 e. The second-order valence-corrected chi connectivity index (χ2v) is 4.27. The van der Waals surface area contributed by atoms with Gasteiger partial charge >= 0.3 is 0 Å². The minimum absolute atomic E-state index is 0.804. The molecule has 0 saturated carbocycles. The second kappa shape index (κ2) is 7.80. The van der Waals surface area contributed by atoms with Gasteiger partial charge in [-0.05, 0) is 6.42 Å². The second-order valence-electron chi connectivity index (χ2n) is 3.41. The predicted molar refractivity (Wildman–Crippen MR) is 61.0 cm³/mol. The molecule has 1 aromatic heterocycles. The zero-order chi connectivity index (χ0) is 10.1. The number of hydrogen-bond acceptors (Lipinski definition) is 3. The fraction of sp³-hybridized carbons (Fsp3) is 0.727. The van der Waals surface area contributed by atoms with Crippen LogP contribution in [0.3, 0.4) is 0 Å². The average molecular weight is 213 g/mol. The van der Waals surface area contributed by atoms with Crippen LogP contribution in [0.15, 0.2) is 11.6 Å². The smallest absolute Gasteiger partial charge is 0.273 e. The molecule has 3 heteroatoms. The van der Waals surface area contributed by atoms with Gasteiger partial charge in [0.25, 0.3) is 5.19 Å². The van der Waals surface area contributed by atoms with Gasteiger partial charge in [-0.15, -0.1) is 0 Å². The van der Waals surface area contributed by atoms with Gasteiger partial charge in [-0.3, -0.25) is 0 Å². The Morgan fingerprint density at radius 2 is 2.00 bits per heavy atom. The summed E-state index contributed by atoms with van der Waals surface area (Å²) in [7, 11) is 0. The van der Waals surface area contributed by atoms with E-state index in [9.17, 15) is 0 Å². The van der Waals surface area contributed by atoms with Crippen molar-refractivity contribution in [2.75, 3.05) is 6.61 Å². The third-order valence-electron chi connectivity index (χ3n) is 2.13. The van der Waals surface area contributed by atoms with E-state index >= 15 is 0 Å². The highest BCUT2D eigenvalue weighted by Crippen LogP contribution is 2.14. The Labute approximate surface area is 90.3 Å². The Kier molecular flexibility index (Phi) is 6.41. The highest BCUT2D eigenvalue weighted by atomic mass is 32.1. The van der Waals surface area contributed by atoms with Crippen LogP contribution in [0.4, 0.5) is 0 Å². The first-order chi connectivity index (χ1) is 6.93. The molecule has 0 amide bonds. The molecule has 1 aromatic rings. The van der Waals surface area contributed by atoms with Gasteiger partial charge in [-0.25, -0.2) is 4.98 Å². The number of unbranched alkanes of at least 4 members (excludes halogenated alkanes) is 5.